The number of hydrogen-bond donors (Lipinski definition) is 0. The van der Waals surface area contributed by atoms with E-state index in [1.165, 1.54) is 65.0 Å². The molecule has 4 aromatic carbocycles. The zero-order valence-electron chi connectivity index (χ0n) is 37.4. The second-order valence-corrected chi connectivity index (χ2v) is 32.1. The van der Waals surface area contributed by atoms with E-state index in [4.69, 9.17) is 10.8 Å². The van der Waals surface area contributed by atoms with E-state index < -0.39 is 6.15 Å². The predicted molar refractivity (Wildman–Crippen MR) is 278 cm³/mol. The molecular weight excluding hydrogens is 927 g/mol. The molecule has 0 fully saturated rings. The fourth-order valence-corrected chi connectivity index (χ4v) is 19.6. The van der Waals surface area contributed by atoms with E-state index in [-0.39, 0.29) is 45.5 Å². The van der Waals surface area contributed by atoms with Gasteiger partial charge in [-0.1, -0.05) is 134 Å². The summed E-state index contributed by atoms with van der Waals surface area (Å²) in [5, 5.41) is 12.0. The predicted octanol–water partition coefficient (Wildman–Crippen LogP) is 12.2. The van der Waals surface area contributed by atoms with Crippen molar-refractivity contribution in [2.45, 2.75) is 0 Å². The Labute approximate surface area is 387 Å². The minimum Gasteiger partial charge on any atom is -3.00 e. The van der Waals surface area contributed by atoms with Crippen LogP contribution in [0.1, 0.15) is 1.43 Å². The summed E-state index contributed by atoms with van der Waals surface area (Å²) < 4.78 is 0. The van der Waals surface area contributed by atoms with Crippen LogP contribution in [0.25, 0.3) is 0 Å². The largest absolute Gasteiger partial charge is 3.00 e. The summed E-state index contributed by atoms with van der Waals surface area (Å²) in [5.41, 5.74) is 5.36. The van der Waals surface area contributed by atoms with Gasteiger partial charge in [0.15, 0.2) is 0 Å². The molecule has 13 heteroatoms. The van der Waals surface area contributed by atoms with Gasteiger partial charge < -0.3 is 19.9 Å². The Morgan fingerprint density at radius 2 is 0.596 bits per heavy atom. The normalized spacial score (nSPS) is 10.6. The van der Waals surface area contributed by atoms with Crippen molar-refractivity contribution < 1.29 is 35.6 Å². The summed E-state index contributed by atoms with van der Waals surface area (Å²) in [6.45, 7) is 24.1. The summed E-state index contributed by atoms with van der Waals surface area (Å²) in [6.07, 6.45) is 13.9. The fourth-order valence-electron chi connectivity index (χ4n) is 6.13. The molecule has 0 heterocycles. The quantitative estimate of drug-likeness (QED) is 0.0407. The molecule has 0 aliphatic heterocycles. The maximum absolute atomic E-state index is 6.00. The van der Waals surface area contributed by atoms with Gasteiger partial charge in [0.05, 0.1) is 0 Å². The van der Waals surface area contributed by atoms with E-state index in [1.54, 1.807) is 27.1 Å². The van der Waals surface area contributed by atoms with Crippen LogP contribution >= 0.6 is 66.0 Å². The number of nitrogens with zero attached hydrogens (tertiary/aromatic N) is 2. The van der Waals surface area contributed by atoms with Crippen LogP contribution in [0.2, 0.25) is 0 Å². The Morgan fingerprint density at radius 1 is 0.386 bits per heavy atom. The van der Waals surface area contributed by atoms with E-state index in [0.29, 0.717) is 47.5 Å². The second kappa shape index (κ2) is 38.5. The SMILES string of the molecule is CP(C)CCP(CCP(C)C)CCP(C)C.CP(C)CC[P-]CCP(C)C.N#N.[Fe+3].[Fe+3].[H-].[P-3].c1ccc([B-](c2ccccc2)(c2ccccc2)c2ccccc2)cc1. The van der Waals surface area contributed by atoms with Gasteiger partial charge in [-0.05, 0) is 104 Å². The van der Waals surface area contributed by atoms with Crippen LogP contribution in [0.4, 0.5) is 0 Å². The van der Waals surface area contributed by atoms with E-state index in [9.17, 15) is 0 Å². The van der Waals surface area contributed by atoms with Crippen molar-refractivity contribution in [3.8, 4) is 0 Å². The molecule has 0 amide bonds. The molecular formula is C44H71BFe2N2P8. The van der Waals surface area contributed by atoms with Crippen LogP contribution in [0.5, 0.6) is 0 Å². The molecule has 2 nitrogen and oxygen atoms in total. The van der Waals surface area contributed by atoms with Crippen molar-refractivity contribution in [3.63, 3.8) is 0 Å². The molecule has 0 spiro atoms. The summed E-state index contributed by atoms with van der Waals surface area (Å²) in [6, 6.07) is 43.5. The Kier molecular flexibility index (Phi) is 42.0. The molecule has 0 unspecified atom stereocenters. The van der Waals surface area contributed by atoms with Crippen LogP contribution in [-0.4, -0.2) is 134 Å². The Hall–Kier alpha value is 0.844. The van der Waals surface area contributed by atoms with Gasteiger partial charge in [-0.3, -0.25) is 0 Å². The van der Waals surface area contributed by atoms with E-state index in [1.807, 2.05) is 0 Å². The Balaban J connectivity index is -0.000000388. The first-order valence-corrected chi connectivity index (χ1v) is 34.4. The van der Waals surface area contributed by atoms with E-state index in [2.05, 4.69) is 188 Å². The fraction of sp³-hybridized carbons (Fsp3) is 0.455. The maximum Gasteiger partial charge on any atom is 3.00 e. The molecule has 0 N–H and O–H groups in total. The van der Waals surface area contributed by atoms with Crippen molar-refractivity contribution in [1.29, 1.82) is 10.8 Å². The van der Waals surface area contributed by atoms with Gasteiger partial charge >= 0.3 is 34.1 Å². The van der Waals surface area contributed by atoms with Crippen molar-refractivity contribution >= 4 is 94.0 Å². The molecule has 2 radical (unpaired) electrons. The Morgan fingerprint density at radius 3 is 0.789 bits per heavy atom. The third-order valence-electron chi connectivity index (χ3n) is 9.20. The third-order valence-corrected chi connectivity index (χ3v) is 20.2. The van der Waals surface area contributed by atoms with Crippen LogP contribution < -0.4 is 21.9 Å². The van der Waals surface area contributed by atoms with Gasteiger partial charge in [-0.25, -0.2) is 0 Å². The van der Waals surface area contributed by atoms with Crippen molar-refractivity contribution in [1.82, 2.24) is 0 Å². The molecule has 0 bridgehead atoms. The zero-order chi connectivity index (χ0) is 40.2. The monoisotopic (exact) mass is 998 g/mol. The zero-order valence-corrected chi connectivity index (χ0v) is 45.7. The molecule has 0 saturated heterocycles. The molecule has 4 rings (SSSR count). The summed E-state index contributed by atoms with van der Waals surface area (Å²) >= 11 is 0. The average molecular weight is 998 g/mol. The average Bonchev–Trinajstić information content (AvgIpc) is 3.17. The number of hydrogen-bond acceptors (Lipinski definition) is 2. The second-order valence-electron chi connectivity index (χ2n) is 15.0. The molecule has 316 valence electrons. The van der Waals surface area contributed by atoms with Gasteiger partial charge in [-0.15, -0.1) is 47.5 Å². The van der Waals surface area contributed by atoms with Gasteiger partial charge in [0.1, 0.15) is 6.15 Å². The molecule has 0 aliphatic carbocycles. The van der Waals surface area contributed by atoms with Crippen molar-refractivity contribution in [2.24, 2.45) is 0 Å². The number of benzene rings is 4. The van der Waals surface area contributed by atoms with Crippen LogP contribution in [0.3, 0.4) is 0 Å². The first-order valence-electron chi connectivity index (χ1n) is 19.1. The van der Waals surface area contributed by atoms with Crippen molar-refractivity contribution in [2.75, 3.05) is 128 Å². The van der Waals surface area contributed by atoms with Crippen molar-refractivity contribution in [3.05, 3.63) is 121 Å². The number of rotatable bonds is 19. The maximum atomic E-state index is 6.00. The molecule has 0 aromatic heterocycles. The van der Waals surface area contributed by atoms with Crippen LogP contribution in [-0.2, 0) is 34.1 Å². The molecule has 0 atom stereocenters. The first-order chi connectivity index (χ1) is 26.0. The van der Waals surface area contributed by atoms with E-state index >= 15 is 0 Å². The third kappa shape index (κ3) is 26.8. The Bertz CT molecular complexity index is 1280. The standard InChI is InChI=1S/C24H20B.C12H30P4.C8H20P3.2Fe.N2.P.H/c1-5-13-21(14-6-1)25(22-15-7-2-8-16-22,23-17-9-3-10-18-23)24-19-11-4-12-20-24;1-13(2)7-10-16(11-8-14(3)4)12-9-15(5)6;1-10(2)7-5-9-6-8-11(3)4;;;1-2;;/h1-20H;7-12H2,1-6H3;5-8H2,1-4H3;;;;;/q-1;;-1;2*+3;;-3;-1. The van der Waals surface area contributed by atoms with Gasteiger partial charge in [0.2, 0.25) is 0 Å². The first kappa shape index (κ1) is 62.1. The van der Waals surface area contributed by atoms with Gasteiger partial charge in [0.25, 0.3) is 0 Å². The molecule has 57 heavy (non-hydrogen) atoms. The summed E-state index contributed by atoms with van der Waals surface area (Å²) in [4.78, 5) is 0. The molecule has 4 aromatic rings. The van der Waals surface area contributed by atoms with Gasteiger partial charge in [-0.2, -0.15) is 34.2 Å². The molecule has 0 aliphatic rings. The molecule has 0 saturated carbocycles. The minimum atomic E-state index is -1.22. The topological polar surface area (TPSA) is 47.6 Å². The summed E-state index contributed by atoms with van der Waals surface area (Å²) in [5.74, 6) is 0. The minimum absolute atomic E-state index is 0. The van der Waals surface area contributed by atoms with Crippen LogP contribution in [0, 0.1) is 10.8 Å². The van der Waals surface area contributed by atoms with Gasteiger partial charge in [0, 0.05) is 10.8 Å². The summed E-state index contributed by atoms with van der Waals surface area (Å²) in [7, 11) is 3.84. The van der Waals surface area contributed by atoms with Crippen LogP contribution in [0.15, 0.2) is 121 Å². The van der Waals surface area contributed by atoms with E-state index in [0.717, 1.165) is 0 Å². The smallest absolute Gasteiger partial charge is 3.00 e.